The quantitative estimate of drug-likeness (QED) is 0.436. The number of unbranched alkanes of at least 4 members (excludes halogenated alkanes) is 1. The first-order valence-corrected chi connectivity index (χ1v) is 6.47. The van der Waals surface area contributed by atoms with Gasteiger partial charge in [0.15, 0.2) is 0 Å². The maximum absolute atomic E-state index is 10.8. The van der Waals surface area contributed by atoms with Crippen LogP contribution in [0.5, 0.6) is 0 Å². The van der Waals surface area contributed by atoms with E-state index < -0.39 is 21.5 Å². The molecule has 0 radical (unpaired) electrons. The van der Waals surface area contributed by atoms with Gasteiger partial charge in [0.05, 0.1) is 16.2 Å². The maximum Gasteiger partial charge on any atom is 1.00 e. The molecule has 0 aliphatic heterocycles. The first kappa shape index (κ1) is 18.9. The van der Waals surface area contributed by atoms with E-state index in [-0.39, 0.29) is 57.8 Å². The van der Waals surface area contributed by atoms with Crippen molar-refractivity contribution < 1.29 is 69.5 Å². The zero-order chi connectivity index (χ0) is 11.2. The van der Waals surface area contributed by atoms with Gasteiger partial charge < -0.3 is 9.66 Å². The minimum Gasteiger partial charge on any atom is -0.748 e. The van der Waals surface area contributed by atoms with Gasteiger partial charge in [-0.15, -0.1) is 0 Å². The largest absolute Gasteiger partial charge is 1.00 e. The Morgan fingerprint density at radius 2 is 1.80 bits per heavy atom. The van der Waals surface area contributed by atoms with Gasteiger partial charge in [-0.25, -0.2) is 8.42 Å². The molecule has 0 heterocycles. The van der Waals surface area contributed by atoms with Crippen molar-refractivity contribution in [1.82, 2.24) is 0 Å². The van der Waals surface area contributed by atoms with Crippen LogP contribution >= 0.6 is 0 Å². The summed E-state index contributed by atoms with van der Waals surface area (Å²) >= 11 is 0. The zero-order valence-electron chi connectivity index (χ0n) is 9.77. The Labute approximate surface area is 135 Å². The topological polar surface area (TPSA) is 77.4 Å². The van der Waals surface area contributed by atoms with Crippen molar-refractivity contribution in [3.05, 3.63) is 0 Å². The van der Waals surface area contributed by atoms with Crippen molar-refractivity contribution >= 4 is 10.1 Å². The van der Waals surface area contributed by atoms with Crippen LogP contribution in [0.3, 0.4) is 0 Å². The summed E-state index contributed by atoms with van der Waals surface area (Å²) in [4.78, 5) is 0. The average Bonchev–Trinajstić information content (AvgIpc) is 2.01. The molecule has 0 aliphatic carbocycles. The van der Waals surface area contributed by atoms with E-state index in [1.54, 1.807) is 6.92 Å². The third kappa shape index (κ3) is 10.4. The number of rotatable bonds is 7. The number of hydrogen-bond acceptors (Lipinski definition) is 4. The minimum atomic E-state index is -4.19. The monoisotopic (exact) mass is 262 g/mol. The second-order valence-corrected chi connectivity index (χ2v) is 5.34. The second kappa shape index (κ2) is 9.53. The van der Waals surface area contributed by atoms with Crippen molar-refractivity contribution in [3.63, 3.8) is 0 Å². The molecule has 0 bridgehead atoms. The number of aliphatic hydroxyl groups is 1. The maximum atomic E-state index is 10.8. The Kier molecular flexibility index (Phi) is 12.0. The summed E-state index contributed by atoms with van der Waals surface area (Å²) in [6.07, 6.45) is 2.13. The molecule has 2 atom stereocenters. The molecule has 0 fully saturated rings. The van der Waals surface area contributed by atoms with E-state index in [1.165, 1.54) is 0 Å². The fourth-order valence-electron chi connectivity index (χ4n) is 1.29. The van der Waals surface area contributed by atoms with Gasteiger partial charge in [-0.05, 0) is 26.2 Å². The molecule has 0 aliphatic rings. The Morgan fingerprint density at radius 3 is 2.13 bits per heavy atom. The zero-order valence-corrected chi connectivity index (χ0v) is 13.7. The van der Waals surface area contributed by atoms with E-state index in [1.807, 2.05) is 6.92 Å². The molecule has 15 heavy (non-hydrogen) atoms. The first-order valence-electron chi connectivity index (χ1n) is 5.00. The van der Waals surface area contributed by atoms with Crippen molar-refractivity contribution in [1.29, 1.82) is 0 Å². The molecule has 2 unspecified atom stereocenters. The summed E-state index contributed by atoms with van der Waals surface area (Å²) in [5, 5.41) is 8.17. The number of aliphatic hydroxyl groups excluding tert-OH is 1. The summed E-state index contributed by atoms with van der Waals surface area (Å²) < 4.78 is 32.4. The molecule has 0 amide bonds. The normalized spacial score (nSPS) is 15.5. The summed E-state index contributed by atoms with van der Waals surface area (Å²) in [5.41, 5.74) is 0. The molecule has 86 valence electrons. The molecule has 1 N–H and O–H groups in total. The first-order chi connectivity index (χ1) is 6.38. The summed E-state index contributed by atoms with van der Waals surface area (Å²) in [7, 11) is -4.19. The Morgan fingerprint density at radius 1 is 1.27 bits per heavy atom. The average molecular weight is 262 g/mol. The van der Waals surface area contributed by atoms with Gasteiger partial charge in [-0.2, -0.15) is 0 Å². The molecular formula is C9H19KO4S. The standard InChI is InChI=1S/C9H20O4S.K/c1-3-4-5-9(14(11,12)13)7-6-8(2)10;/h8-10H,3-7H2,1-2H3,(H,11,12,13);/q;+1/p-1. The minimum absolute atomic E-state index is 0. The van der Waals surface area contributed by atoms with Crippen LogP contribution < -0.4 is 51.4 Å². The molecule has 6 heteroatoms. The third-order valence-corrected chi connectivity index (χ3v) is 3.48. The fourth-order valence-corrected chi connectivity index (χ4v) is 2.17. The molecule has 0 spiro atoms. The van der Waals surface area contributed by atoms with Crippen LogP contribution in [0.25, 0.3) is 0 Å². The molecule has 4 nitrogen and oxygen atoms in total. The molecule has 0 aromatic carbocycles. The second-order valence-electron chi connectivity index (χ2n) is 3.68. The molecular weight excluding hydrogens is 243 g/mol. The van der Waals surface area contributed by atoms with E-state index in [0.717, 1.165) is 12.8 Å². The van der Waals surface area contributed by atoms with E-state index >= 15 is 0 Å². The van der Waals surface area contributed by atoms with Crippen LogP contribution in [0.15, 0.2) is 0 Å². The van der Waals surface area contributed by atoms with E-state index in [0.29, 0.717) is 12.8 Å². The SMILES string of the molecule is CCCCC(CCC(C)O)S(=O)(=O)[O-].[K+]. The molecule has 0 rings (SSSR count). The van der Waals surface area contributed by atoms with Gasteiger partial charge in [-0.1, -0.05) is 19.8 Å². The van der Waals surface area contributed by atoms with Gasteiger partial charge in [0.2, 0.25) is 0 Å². The van der Waals surface area contributed by atoms with Gasteiger partial charge in [0.25, 0.3) is 0 Å². The summed E-state index contributed by atoms with van der Waals surface area (Å²) in [6, 6.07) is 0. The van der Waals surface area contributed by atoms with E-state index in [2.05, 4.69) is 0 Å². The van der Waals surface area contributed by atoms with Crippen LogP contribution in [-0.4, -0.2) is 29.4 Å². The predicted molar refractivity (Wildman–Crippen MR) is 53.9 cm³/mol. The van der Waals surface area contributed by atoms with E-state index in [4.69, 9.17) is 5.11 Å². The van der Waals surface area contributed by atoms with Gasteiger partial charge in [0.1, 0.15) is 0 Å². The fraction of sp³-hybridized carbons (Fsp3) is 1.00. The van der Waals surface area contributed by atoms with Crippen LogP contribution in [0.1, 0.15) is 46.0 Å². The predicted octanol–water partition coefficient (Wildman–Crippen LogP) is -1.74. The molecule has 0 aromatic heterocycles. The smallest absolute Gasteiger partial charge is 0.748 e. The summed E-state index contributed by atoms with van der Waals surface area (Å²) in [6.45, 7) is 3.54. The van der Waals surface area contributed by atoms with Crippen molar-refractivity contribution in [2.24, 2.45) is 0 Å². The van der Waals surface area contributed by atoms with Crippen LogP contribution in [0.4, 0.5) is 0 Å². The van der Waals surface area contributed by atoms with Gasteiger partial charge in [0, 0.05) is 5.25 Å². The summed E-state index contributed by atoms with van der Waals surface area (Å²) in [5.74, 6) is 0. The third-order valence-electron chi connectivity index (χ3n) is 2.19. The van der Waals surface area contributed by atoms with Crippen LogP contribution in [0.2, 0.25) is 0 Å². The molecule has 0 aromatic rings. The van der Waals surface area contributed by atoms with E-state index in [9.17, 15) is 13.0 Å². The van der Waals surface area contributed by atoms with Crippen LogP contribution in [0, 0.1) is 0 Å². The molecule has 0 saturated heterocycles. The van der Waals surface area contributed by atoms with Crippen LogP contribution in [-0.2, 0) is 10.1 Å². The Hall–Kier alpha value is 1.51. The molecule has 0 saturated carbocycles. The van der Waals surface area contributed by atoms with Crippen molar-refractivity contribution in [2.75, 3.05) is 0 Å². The Balaban J connectivity index is 0. The van der Waals surface area contributed by atoms with Gasteiger partial charge in [-0.3, -0.25) is 0 Å². The van der Waals surface area contributed by atoms with Gasteiger partial charge >= 0.3 is 51.4 Å². The number of hydrogen-bond donors (Lipinski definition) is 1. The Bertz CT molecular complexity index is 238. The van der Waals surface area contributed by atoms with Crippen molar-refractivity contribution in [3.8, 4) is 0 Å². The van der Waals surface area contributed by atoms with Crippen molar-refractivity contribution in [2.45, 2.75) is 57.3 Å².